The molecule has 2 N–H and O–H groups in total. The molecule has 0 aliphatic carbocycles. The number of ether oxygens (including phenoxy) is 1. The molecule has 2 aromatic rings. The number of halogens is 4. The molecule has 0 aliphatic heterocycles. The second-order valence-electron chi connectivity index (χ2n) is 5.70. The van der Waals surface area contributed by atoms with Crippen molar-refractivity contribution in [3.63, 3.8) is 0 Å². The number of hydrogen-bond acceptors (Lipinski definition) is 2. The van der Waals surface area contributed by atoms with Crippen LogP contribution >= 0.6 is 0 Å². The minimum Gasteiger partial charge on any atom is -0.494 e. The molecule has 1 amide bonds. The predicted octanol–water partition coefficient (Wildman–Crippen LogP) is 2.30. The molecule has 0 fully saturated rings. The Kier molecular flexibility index (Phi) is 6.57. The van der Waals surface area contributed by atoms with Crippen LogP contribution < -0.4 is 15.0 Å². The third-order valence-electron chi connectivity index (χ3n) is 3.89. The van der Waals surface area contributed by atoms with Gasteiger partial charge in [0.1, 0.15) is 6.54 Å². The van der Waals surface area contributed by atoms with E-state index in [1.165, 1.54) is 19.2 Å². The van der Waals surface area contributed by atoms with Gasteiger partial charge in [-0.2, -0.15) is 0 Å². The van der Waals surface area contributed by atoms with Crippen LogP contribution in [0.15, 0.2) is 30.3 Å². The van der Waals surface area contributed by atoms with E-state index in [9.17, 15) is 22.4 Å². The van der Waals surface area contributed by atoms with Crippen LogP contribution in [0.5, 0.6) is 5.75 Å². The average molecular weight is 371 g/mol. The minimum absolute atomic E-state index is 0.0530. The molecule has 2 rings (SSSR count). The van der Waals surface area contributed by atoms with Crippen molar-refractivity contribution in [1.29, 1.82) is 0 Å². The summed E-state index contributed by atoms with van der Waals surface area (Å²) in [6, 6.07) is 6.19. The Hall–Kier alpha value is -2.61. The molecular weight excluding hydrogens is 352 g/mol. The first-order chi connectivity index (χ1) is 12.3. The number of rotatable bonds is 7. The van der Waals surface area contributed by atoms with Crippen molar-refractivity contribution in [3.8, 4) is 5.75 Å². The Morgan fingerprint density at radius 2 is 1.81 bits per heavy atom. The van der Waals surface area contributed by atoms with E-state index in [4.69, 9.17) is 4.74 Å². The third-order valence-corrected chi connectivity index (χ3v) is 3.89. The zero-order valence-electron chi connectivity index (χ0n) is 14.3. The van der Waals surface area contributed by atoms with Crippen molar-refractivity contribution < 1.29 is 32.0 Å². The number of likely N-dealkylation sites (N-methyl/N-ethyl adjacent to an activating group) is 1. The number of hydrogen-bond donors (Lipinski definition) is 2. The number of carbonyl (C=O) groups is 1. The monoisotopic (exact) mass is 371 g/mol. The fraction of sp³-hybridized carbons (Fsp3) is 0.278. The van der Waals surface area contributed by atoms with E-state index in [2.05, 4.69) is 5.32 Å². The zero-order chi connectivity index (χ0) is 19.3. The highest BCUT2D eigenvalue weighted by Crippen LogP contribution is 2.19. The van der Waals surface area contributed by atoms with Gasteiger partial charge >= 0.3 is 0 Å². The molecule has 0 saturated carbocycles. The Morgan fingerprint density at radius 1 is 1.08 bits per heavy atom. The van der Waals surface area contributed by atoms with Crippen LogP contribution in [-0.2, 0) is 11.3 Å². The summed E-state index contributed by atoms with van der Waals surface area (Å²) < 4.78 is 58.3. The Morgan fingerprint density at radius 3 is 2.42 bits per heavy atom. The fourth-order valence-electron chi connectivity index (χ4n) is 2.46. The van der Waals surface area contributed by atoms with Gasteiger partial charge in [-0.05, 0) is 37.3 Å². The lowest BCUT2D eigenvalue weighted by Gasteiger charge is -2.18. The first-order valence-corrected chi connectivity index (χ1v) is 7.95. The van der Waals surface area contributed by atoms with Crippen LogP contribution in [0.25, 0.3) is 0 Å². The molecule has 4 nitrogen and oxygen atoms in total. The fourth-order valence-corrected chi connectivity index (χ4v) is 2.46. The molecule has 26 heavy (non-hydrogen) atoms. The number of anilines is 1. The maximum absolute atomic E-state index is 13.7. The highest BCUT2D eigenvalue weighted by atomic mass is 19.2. The molecule has 0 aliphatic rings. The predicted molar refractivity (Wildman–Crippen MR) is 88.0 cm³/mol. The molecule has 0 aromatic heterocycles. The molecule has 0 heterocycles. The third kappa shape index (κ3) is 4.72. The van der Waals surface area contributed by atoms with Gasteiger partial charge in [0, 0.05) is 5.56 Å². The largest absolute Gasteiger partial charge is 0.494 e. The minimum atomic E-state index is -1.64. The Bertz CT molecular complexity index is 799. The lowest BCUT2D eigenvalue weighted by Crippen LogP contribution is -3.11. The average Bonchev–Trinajstić information content (AvgIpc) is 2.62. The number of carbonyl (C=O) groups excluding carboxylic acids is 1. The van der Waals surface area contributed by atoms with Gasteiger partial charge in [0.05, 0.1) is 19.3 Å². The summed E-state index contributed by atoms with van der Waals surface area (Å²) in [7, 11) is 1.36. The van der Waals surface area contributed by atoms with E-state index in [0.717, 1.165) is 17.0 Å². The highest BCUT2D eigenvalue weighted by molar-refractivity contribution is 5.91. The van der Waals surface area contributed by atoms with Crippen molar-refractivity contribution >= 4 is 11.6 Å². The van der Waals surface area contributed by atoms with E-state index in [0.29, 0.717) is 18.7 Å². The molecule has 1 unspecified atom stereocenters. The van der Waals surface area contributed by atoms with Gasteiger partial charge in [-0.3, -0.25) is 4.79 Å². The molecule has 0 saturated heterocycles. The van der Waals surface area contributed by atoms with Gasteiger partial charge in [0.2, 0.25) is 0 Å². The summed E-state index contributed by atoms with van der Waals surface area (Å²) in [5.74, 6) is -5.37. The zero-order valence-corrected chi connectivity index (χ0v) is 14.3. The lowest BCUT2D eigenvalue weighted by molar-refractivity contribution is -0.903. The Labute approximate surface area is 148 Å². The van der Waals surface area contributed by atoms with E-state index >= 15 is 0 Å². The second kappa shape index (κ2) is 8.66. The quantitative estimate of drug-likeness (QED) is 0.579. The van der Waals surface area contributed by atoms with E-state index < -0.39 is 34.9 Å². The lowest BCUT2D eigenvalue weighted by atomic mass is 10.2. The van der Waals surface area contributed by atoms with Crippen molar-refractivity contribution in [2.24, 2.45) is 0 Å². The van der Waals surface area contributed by atoms with Crippen LogP contribution in [0, 0.1) is 23.3 Å². The number of amides is 1. The normalized spacial score (nSPS) is 11.9. The van der Waals surface area contributed by atoms with Crippen LogP contribution in [-0.4, -0.2) is 26.1 Å². The number of quaternary nitrogens is 1. The summed E-state index contributed by atoms with van der Waals surface area (Å²) in [6.07, 6.45) is 0. The van der Waals surface area contributed by atoms with Gasteiger partial charge < -0.3 is 15.0 Å². The Balaban J connectivity index is 2.02. The summed E-state index contributed by atoms with van der Waals surface area (Å²) in [6.45, 7) is 2.68. The van der Waals surface area contributed by atoms with Gasteiger partial charge in [0.15, 0.2) is 35.6 Å². The van der Waals surface area contributed by atoms with Crippen LogP contribution in [0.2, 0.25) is 0 Å². The van der Waals surface area contributed by atoms with E-state index in [-0.39, 0.29) is 12.3 Å². The summed E-state index contributed by atoms with van der Waals surface area (Å²) in [5.41, 5.74) is 0.229. The molecule has 2 aromatic carbocycles. The summed E-state index contributed by atoms with van der Waals surface area (Å²) in [5, 5.41) is 2.22. The van der Waals surface area contributed by atoms with Gasteiger partial charge in [0.25, 0.3) is 5.91 Å². The standard InChI is InChI=1S/C18H18F4N2O2/c1-3-24(9-11-4-7-15(26-2)13(20)8-11)10-16(25)23-14-6-5-12(19)17(21)18(14)22/h4-8H,3,9-10H2,1-2H3,(H,23,25)/p+1. The molecule has 1 atom stereocenters. The van der Waals surface area contributed by atoms with Crippen LogP contribution in [0.4, 0.5) is 23.2 Å². The van der Waals surface area contributed by atoms with Crippen LogP contribution in [0.1, 0.15) is 12.5 Å². The summed E-state index contributed by atoms with van der Waals surface area (Å²) in [4.78, 5) is 12.9. The van der Waals surface area contributed by atoms with Gasteiger partial charge in [-0.1, -0.05) is 0 Å². The van der Waals surface area contributed by atoms with Crippen molar-refractivity contribution in [1.82, 2.24) is 0 Å². The topological polar surface area (TPSA) is 42.8 Å². The van der Waals surface area contributed by atoms with Crippen molar-refractivity contribution in [2.45, 2.75) is 13.5 Å². The second-order valence-corrected chi connectivity index (χ2v) is 5.70. The summed E-state index contributed by atoms with van der Waals surface area (Å²) >= 11 is 0. The molecule has 0 bridgehead atoms. The van der Waals surface area contributed by atoms with E-state index in [1.54, 1.807) is 6.07 Å². The maximum Gasteiger partial charge on any atom is 0.279 e. The van der Waals surface area contributed by atoms with E-state index in [1.807, 2.05) is 6.92 Å². The number of methoxy groups -OCH3 is 1. The van der Waals surface area contributed by atoms with Gasteiger partial charge in [-0.15, -0.1) is 0 Å². The molecule has 0 spiro atoms. The molecular formula is C18H19F4N2O2+. The molecule has 140 valence electrons. The van der Waals surface area contributed by atoms with Gasteiger partial charge in [-0.25, -0.2) is 17.6 Å². The first-order valence-electron chi connectivity index (χ1n) is 7.95. The smallest absolute Gasteiger partial charge is 0.279 e. The number of benzene rings is 2. The number of nitrogens with one attached hydrogen (secondary N) is 2. The SMILES string of the molecule is CC[NH+](CC(=O)Nc1ccc(F)c(F)c1F)Cc1ccc(OC)c(F)c1. The molecule has 0 radical (unpaired) electrons. The van der Waals surface area contributed by atoms with Crippen molar-refractivity contribution in [2.75, 3.05) is 25.5 Å². The highest BCUT2D eigenvalue weighted by Gasteiger charge is 2.18. The maximum atomic E-state index is 13.7. The first kappa shape index (κ1) is 19.7. The van der Waals surface area contributed by atoms with Crippen molar-refractivity contribution in [3.05, 3.63) is 59.2 Å². The van der Waals surface area contributed by atoms with Crippen LogP contribution in [0.3, 0.4) is 0 Å². The molecule has 8 heteroatoms.